The van der Waals surface area contributed by atoms with Crippen molar-refractivity contribution in [3.8, 4) is 0 Å². The number of ether oxygens (including phenoxy) is 1. The molecule has 0 fully saturated rings. The van der Waals surface area contributed by atoms with Crippen molar-refractivity contribution in [1.29, 1.82) is 0 Å². The van der Waals surface area contributed by atoms with Gasteiger partial charge in [-0.2, -0.15) is 0 Å². The second-order valence-electron chi connectivity index (χ2n) is 8.27. The van der Waals surface area contributed by atoms with E-state index in [0.717, 1.165) is 30.6 Å². The van der Waals surface area contributed by atoms with Crippen molar-refractivity contribution in [2.75, 3.05) is 12.0 Å². The summed E-state index contributed by atoms with van der Waals surface area (Å²) in [5.41, 5.74) is -1.26. The van der Waals surface area contributed by atoms with Crippen LogP contribution >= 0.6 is 11.3 Å². The number of halogens is 2. The first-order chi connectivity index (χ1) is 16.1. The predicted octanol–water partition coefficient (Wildman–Crippen LogP) is 4.70. The van der Waals surface area contributed by atoms with Gasteiger partial charge in [0.15, 0.2) is 5.78 Å². The van der Waals surface area contributed by atoms with Gasteiger partial charge in [0, 0.05) is 11.1 Å². The van der Waals surface area contributed by atoms with E-state index in [1.54, 1.807) is 6.07 Å². The molecular formula is C25H19F2NO5S. The van der Waals surface area contributed by atoms with E-state index in [0.29, 0.717) is 10.5 Å². The Hall–Kier alpha value is -3.72. The van der Waals surface area contributed by atoms with Gasteiger partial charge in [0.25, 0.3) is 5.91 Å². The van der Waals surface area contributed by atoms with Crippen LogP contribution in [-0.4, -0.2) is 30.7 Å². The van der Waals surface area contributed by atoms with Crippen molar-refractivity contribution in [3.05, 3.63) is 86.6 Å². The van der Waals surface area contributed by atoms with Crippen LogP contribution in [0, 0.1) is 11.6 Å². The first kappa shape index (κ1) is 23.4. The Balaban J connectivity index is 1.77. The highest BCUT2D eigenvalue weighted by Gasteiger charge is 2.39. The van der Waals surface area contributed by atoms with Gasteiger partial charge in [-0.05, 0) is 49.1 Å². The molecule has 0 aliphatic carbocycles. The molecule has 34 heavy (non-hydrogen) atoms. The number of carbonyl (C=O) groups is 4. The summed E-state index contributed by atoms with van der Waals surface area (Å²) in [7, 11) is 1.16. The molecule has 2 heterocycles. The fourth-order valence-electron chi connectivity index (χ4n) is 3.99. The first-order valence-electron chi connectivity index (χ1n) is 10.2. The van der Waals surface area contributed by atoms with Crippen LogP contribution in [0.1, 0.15) is 55.4 Å². The zero-order chi connectivity index (χ0) is 24.8. The average molecular weight is 483 g/mol. The van der Waals surface area contributed by atoms with Crippen LogP contribution in [0.5, 0.6) is 0 Å². The Kier molecular flexibility index (Phi) is 5.91. The van der Waals surface area contributed by atoms with E-state index < -0.39 is 46.3 Å². The number of methoxy groups -OCH3 is 1. The van der Waals surface area contributed by atoms with Gasteiger partial charge in [0.2, 0.25) is 5.91 Å². The molecule has 0 bridgehead atoms. The zero-order valence-corrected chi connectivity index (χ0v) is 19.3. The number of Topliss-reactive ketones (excluding diaryl/α,β-unsaturated/α-hetero) is 1. The number of benzene rings is 2. The number of ketones is 1. The molecule has 2 aromatic carbocycles. The van der Waals surface area contributed by atoms with Gasteiger partial charge in [-0.1, -0.05) is 18.2 Å². The Morgan fingerprint density at radius 1 is 1.06 bits per heavy atom. The highest BCUT2D eigenvalue weighted by Crippen LogP contribution is 2.35. The first-order valence-corrected chi connectivity index (χ1v) is 11.1. The number of carbonyl (C=O) groups excluding carboxylic acids is 4. The highest BCUT2D eigenvalue weighted by atomic mass is 32.1. The number of thiophene rings is 1. The van der Waals surface area contributed by atoms with E-state index in [2.05, 4.69) is 0 Å². The third kappa shape index (κ3) is 3.71. The van der Waals surface area contributed by atoms with Crippen LogP contribution in [0.2, 0.25) is 0 Å². The van der Waals surface area contributed by atoms with Crippen molar-refractivity contribution in [2.45, 2.75) is 25.7 Å². The number of amides is 2. The van der Waals surface area contributed by atoms with Crippen LogP contribution in [0.3, 0.4) is 0 Å². The van der Waals surface area contributed by atoms with Gasteiger partial charge in [0.1, 0.15) is 16.5 Å². The van der Waals surface area contributed by atoms with Crippen LogP contribution in [-0.2, 0) is 21.4 Å². The van der Waals surface area contributed by atoms with E-state index in [1.165, 1.54) is 43.5 Å². The summed E-state index contributed by atoms with van der Waals surface area (Å²) in [5.74, 6) is -4.33. The SMILES string of the molecule is COC(=O)c1scc2c1C(=O)N(c1cc(C(=O)C(C)(C)c3ccccc3F)ccc1F)C(=O)C2. The molecule has 3 aromatic rings. The van der Waals surface area contributed by atoms with E-state index in [9.17, 15) is 28.0 Å². The standard InChI is InChI=1S/C25H19F2NO5S/c1-25(2,15-6-4-5-7-16(15)26)22(30)13-8-9-17(27)18(10-13)28-19(29)11-14-12-34-21(24(32)33-3)20(14)23(28)31/h4-10,12H,11H2,1-3H3. The Bertz CT molecular complexity index is 1360. The van der Waals surface area contributed by atoms with Crippen molar-refractivity contribution >= 4 is 40.6 Å². The Morgan fingerprint density at radius 3 is 2.44 bits per heavy atom. The number of imide groups is 1. The number of esters is 1. The van der Waals surface area contributed by atoms with E-state index in [-0.39, 0.29) is 28.0 Å². The molecule has 1 aliphatic rings. The highest BCUT2D eigenvalue weighted by molar-refractivity contribution is 7.12. The number of fused-ring (bicyclic) bond motifs is 1. The monoisotopic (exact) mass is 483 g/mol. The molecule has 0 saturated carbocycles. The summed E-state index contributed by atoms with van der Waals surface area (Å²) < 4.78 is 34.0. The lowest BCUT2D eigenvalue weighted by atomic mass is 9.77. The van der Waals surface area contributed by atoms with Crippen molar-refractivity contribution < 1.29 is 32.7 Å². The second-order valence-corrected chi connectivity index (χ2v) is 9.15. The number of anilines is 1. The lowest BCUT2D eigenvalue weighted by Crippen LogP contribution is -2.43. The third-order valence-electron chi connectivity index (χ3n) is 5.81. The van der Waals surface area contributed by atoms with Gasteiger partial charge >= 0.3 is 5.97 Å². The van der Waals surface area contributed by atoms with Crippen molar-refractivity contribution in [3.63, 3.8) is 0 Å². The summed E-state index contributed by atoms with van der Waals surface area (Å²) in [5, 5.41) is 1.52. The summed E-state index contributed by atoms with van der Waals surface area (Å²) in [6, 6.07) is 9.13. The molecule has 6 nitrogen and oxygen atoms in total. The summed E-state index contributed by atoms with van der Waals surface area (Å²) in [6.07, 6.45) is -0.229. The second kappa shape index (κ2) is 8.57. The van der Waals surface area contributed by atoms with Gasteiger partial charge in [-0.25, -0.2) is 18.5 Å². The maximum atomic E-state index is 14.9. The van der Waals surface area contributed by atoms with E-state index >= 15 is 0 Å². The molecule has 4 rings (SSSR count). The molecule has 0 unspecified atom stereocenters. The van der Waals surface area contributed by atoms with Gasteiger partial charge in [-0.15, -0.1) is 11.3 Å². The Morgan fingerprint density at radius 2 is 1.76 bits per heavy atom. The topological polar surface area (TPSA) is 80.8 Å². The fourth-order valence-corrected chi connectivity index (χ4v) is 4.97. The van der Waals surface area contributed by atoms with E-state index in [4.69, 9.17) is 4.74 Å². The fraction of sp³-hybridized carbons (Fsp3) is 0.200. The smallest absolute Gasteiger partial charge is 0.348 e. The quantitative estimate of drug-likeness (QED) is 0.299. The summed E-state index contributed by atoms with van der Waals surface area (Å²) in [6.45, 7) is 3.07. The predicted molar refractivity (Wildman–Crippen MR) is 121 cm³/mol. The molecule has 174 valence electrons. The molecule has 1 aliphatic heterocycles. The third-order valence-corrected chi connectivity index (χ3v) is 6.82. The van der Waals surface area contributed by atoms with Crippen LogP contribution in [0.15, 0.2) is 47.8 Å². The van der Waals surface area contributed by atoms with E-state index in [1.807, 2.05) is 0 Å². The van der Waals surface area contributed by atoms with Crippen LogP contribution < -0.4 is 4.90 Å². The molecule has 2 amide bonds. The maximum absolute atomic E-state index is 14.9. The molecule has 0 atom stereocenters. The minimum Gasteiger partial charge on any atom is -0.465 e. The van der Waals surface area contributed by atoms with Gasteiger partial charge in [-0.3, -0.25) is 14.4 Å². The minimum absolute atomic E-state index is 0.00504. The number of hydrogen-bond acceptors (Lipinski definition) is 6. The number of rotatable bonds is 5. The molecule has 0 N–H and O–H groups in total. The van der Waals surface area contributed by atoms with Crippen molar-refractivity contribution in [2.24, 2.45) is 0 Å². The van der Waals surface area contributed by atoms with Crippen molar-refractivity contribution in [1.82, 2.24) is 0 Å². The average Bonchev–Trinajstić information content (AvgIpc) is 3.23. The van der Waals surface area contributed by atoms with Crippen LogP contribution in [0.4, 0.5) is 14.5 Å². The lowest BCUT2D eigenvalue weighted by molar-refractivity contribution is -0.117. The zero-order valence-electron chi connectivity index (χ0n) is 18.5. The number of nitrogens with zero attached hydrogens (tertiary/aromatic N) is 1. The molecule has 1 aromatic heterocycles. The molecule has 9 heteroatoms. The summed E-state index contributed by atoms with van der Waals surface area (Å²) >= 11 is 0.958. The van der Waals surface area contributed by atoms with Gasteiger partial charge < -0.3 is 4.74 Å². The molecule has 0 saturated heterocycles. The normalized spacial score (nSPS) is 13.6. The minimum atomic E-state index is -1.31. The van der Waals surface area contributed by atoms with Crippen LogP contribution in [0.25, 0.3) is 0 Å². The molecule has 0 radical (unpaired) electrons. The largest absolute Gasteiger partial charge is 0.465 e. The molecular weight excluding hydrogens is 464 g/mol. The summed E-state index contributed by atoms with van der Waals surface area (Å²) in [4.78, 5) is 52.1. The number of hydrogen-bond donors (Lipinski definition) is 0. The Labute approximate surface area is 197 Å². The lowest BCUT2D eigenvalue weighted by Gasteiger charge is -2.28. The molecule has 0 spiro atoms. The maximum Gasteiger partial charge on any atom is 0.348 e. The van der Waals surface area contributed by atoms with Gasteiger partial charge in [0.05, 0.1) is 30.2 Å².